The Labute approximate surface area is 142 Å². The van der Waals surface area contributed by atoms with Crippen LogP contribution in [0.2, 0.25) is 0 Å². The zero-order valence-corrected chi connectivity index (χ0v) is 15.2. The van der Waals surface area contributed by atoms with Gasteiger partial charge in [-0.15, -0.1) is 0 Å². The SMILES string of the molecule is CCCCCCC1=Cc2ccccc2S1(OS(C)(=O)=O)C(F)(F)F. The summed E-state index contributed by atoms with van der Waals surface area (Å²) >= 11 is 0. The van der Waals surface area contributed by atoms with Crippen LogP contribution in [-0.4, -0.2) is 20.2 Å². The highest BCUT2D eigenvalue weighted by molar-refractivity contribution is 8.36. The molecule has 0 aromatic heterocycles. The molecule has 0 bridgehead atoms. The molecule has 3 nitrogen and oxygen atoms in total. The van der Waals surface area contributed by atoms with Crippen LogP contribution in [0, 0.1) is 0 Å². The van der Waals surface area contributed by atoms with Crippen molar-refractivity contribution >= 4 is 26.5 Å². The second-order valence-electron chi connectivity index (χ2n) is 5.73. The van der Waals surface area contributed by atoms with Gasteiger partial charge in [0.25, 0.3) is 10.1 Å². The molecule has 1 aliphatic heterocycles. The van der Waals surface area contributed by atoms with Crippen molar-refractivity contribution in [2.45, 2.75) is 49.4 Å². The molecule has 1 unspecified atom stereocenters. The minimum Gasteiger partial charge on any atom is -0.203 e. The van der Waals surface area contributed by atoms with Gasteiger partial charge in [-0.05, 0) is 30.5 Å². The van der Waals surface area contributed by atoms with Gasteiger partial charge in [0.2, 0.25) is 0 Å². The molecule has 136 valence electrons. The topological polar surface area (TPSA) is 43.4 Å². The molecule has 0 N–H and O–H groups in total. The number of rotatable bonds is 7. The van der Waals surface area contributed by atoms with Gasteiger partial charge in [-0.1, -0.05) is 44.4 Å². The molecule has 0 fully saturated rings. The zero-order valence-electron chi connectivity index (χ0n) is 13.6. The van der Waals surface area contributed by atoms with E-state index in [0.717, 1.165) is 19.3 Å². The van der Waals surface area contributed by atoms with Gasteiger partial charge in [0.1, 0.15) is 0 Å². The molecule has 0 spiro atoms. The van der Waals surface area contributed by atoms with E-state index in [1.54, 1.807) is 12.1 Å². The highest BCUT2D eigenvalue weighted by Gasteiger charge is 2.59. The van der Waals surface area contributed by atoms with Gasteiger partial charge in [0, 0.05) is 20.1 Å². The molecule has 1 aromatic rings. The van der Waals surface area contributed by atoms with E-state index in [-0.39, 0.29) is 16.2 Å². The molecule has 2 rings (SSSR count). The van der Waals surface area contributed by atoms with Crippen LogP contribution >= 0.6 is 10.3 Å². The largest absolute Gasteiger partial charge is 0.456 e. The molecular formula is C16H21F3O3S2. The Bertz CT molecular complexity index is 726. The molecule has 1 aromatic carbocycles. The fraction of sp³-hybridized carbons (Fsp3) is 0.500. The number of halogens is 3. The fourth-order valence-corrected chi connectivity index (χ4v) is 7.50. The van der Waals surface area contributed by atoms with E-state index in [9.17, 15) is 21.6 Å². The van der Waals surface area contributed by atoms with Crippen molar-refractivity contribution in [1.82, 2.24) is 0 Å². The Balaban J connectivity index is 2.51. The molecular weight excluding hydrogens is 361 g/mol. The lowest BCUT2D eigenvalue weighted by molar-refractivity contribution is -0.0429. The Morgan fingerprint density at radius 2 is 1.79 bits per heavy atom. The Kier molecular flexibility index (Phi) is 5.71. The fourth-order valence-electron chi connectivity index (χ4n) is 2.78. The van der Waals surface area contributed by atoms with Gasteiger partial charge in [0.05, 0.1) is 6.26 Å². The number of alkyl halides is 3. The van der Waals surface area contributed by atoms with E-state index in [0.29, 0.717) is 18.2 Å². The predicted molar refractivity (Wildman–Crippen MR) is 91.0 cm³/mol. The van der Waals surface area contributed by atoms with Crippen LogP contribution in [0.4, 0.5) is 13.2 Å². The summed E-state index contributed by atoms with van der Waals surface area (Å²) in [5, 5.41) is 0. The minimum atomic E-state index is -4.79. The van der Waals surface area contributed by atoms with Crippen LogP contribution in [0.5, 0.6) is 0 Å². The first-order valence-electron chi connectivity index (χ1n) is 7.72. The quantitative estimate of drug-likeness (QED) is 0.578. The first kappa shape index (κ1) is 19.3. The summed E-state index contributed by atoms with van der Waals surface area (Å²) in [7, 11) is -8.33. The molecule has 0 amide bonds. The van der Waals surface area contributed by atoms with Gasteiger partial charge < -0.3 is 0 Å². The molecule has 1 atom stereocenters. The van der Waals surface area contributed by atoms with E-state index in [1.165, 1.54) is 18.2 Å². The predicted octanol–water partition coefficient (Wildman–Crippen LogP) is 5.59. The number of benzene rings is 1. The zero-order chi connectivity index (χ0) is 18.0. The van der Waals surface area contributed by atoms with Crippen molar-refractivity contribution < 1.29 is 25.2 Å². The second-order valence-corrected chi connectivity index (χ2v) is 10.2. The van der Waals surface area contributed by atoms with Gasteiger partial charge in [-0.25, -0.2) is 3.63 Å². The van der Waals surface area contributed by atoms with Crippen LogP contribution < -0.4 is 0 Å². The summed E-state index contributed by atoms with van der Waals surface area (Å²) in [6.07, 6.45) is 5.58. The van der Waals surface area contributed by atoms with Gasteiger partial charge in [0.15, 0.2) is 0 Å². The maximum Gasteiger partial charge on any atom is 0.456 e. The van der Waals surface area contributed by atoms with Gasteiger partial charge in [-0.2, -0.15) is 21.6 Å². The minimum absolute atomic E-state index is 0.0396. The van der Waals surface area contributed by atoms with E-state index >= 15 is 0 Å². The first-order valence-corrected chi connectivity index (χ1v) is 11.1. The average molecular weight is 382 g/mol. The molecule has 1 aliphatic rings. The highest BCUT2D eigenvalue weighted by atomic mass is 32.3. The van der Waals surface area contributed by atoms with E-state index in [2.05, 4.69) is 0 Å². The summed E-state index contributed by atoms with van der Waals surface area (Å²) in [5.74, 6) is 0. The summed E-state index contributed by atoms with van der Waals surface area (Å²) in [5.41, 5.74) is -4.40. The Morgan fingerprint density at radius 1 is 1.12 bits per heavy atom. The molecule has 0 radical (unpaired) electrons. The maximum atomic E-state index is 14.1. The molecule has 0 saturated carbocycles. The van der Waals surface area contributed by atoms with Crippen molar-refractivity contribution in [2.75, 3.05) is 6.26 Å². The van der Waals surface area contributed by atoms with Crippen LogP contribution in [0.3, 0.4) is 0 Å². The number of hydrogen-bond acceptors (Lipinski definition) is 3. The molecule has 1 heterocycles. The molecule has 0 aliphatic carbocycles. The number of fused-ring (bicyclic) bond motifs is 1. The van der Waals surface area contributed by atoms with E-state index in [1.807, 2.05) is 6.92 Å². The summed E-state index contributed by atoms with van der Waals surface area (Å²) in [6, 6.07) is 5.99. The van der Waals surface area contributed by atoms with Crippen LogP contribution in [0.25, 0.3) is 6.08 Å². The van der Waals surface area contributed by atoms with Crippen molar-refractivity contribution in [3.8, 4) is 0 Å². The summed E-state index contributed by atoms with van der Waals surface area (Å²) < 4.78 is 70.3. The third kappa shape index (κ3) is 3.81. The first-order chi connectivity index (χ1) is 11.1. The van der Waals surface area contributed by atoms with E-state index < -0.39 is 25.9 Å². The van der Waals surface area contributed by atoms with Gasteiger partial charge in [-0.3, -0.25) is 0 Å². The average Bonchev–Trinajstić information content (AvgIpc) is 2.77. The Hall–Kier alpha value is -0.990. The number of unbranched alkanes of at least 4 members (excludes halogenated alkanes) is 3. The van der Waals surface area contributed by atoms with Crippen molar-refractivity contribution in [3.63, 3.8) is 0 Å². The molecule has 8 heteroatoms. The maximum absolute atomic E-state index is 14.1. The second kappa shape index (κ2) is 7.09. The van der Waals surface area contributed by atoms with Crippen molar-refractivity contribution in [1.29, 1.82) is 0 Å². The summed E-state index contributed by atoms with van der Waals surface area (Å²) in [6.45, 7) is 2.02. The third-order valence-corrected chi connectivity index (χ3v) is 8.25. The standard InChI is InChI=1S/C16H21F3O3S2/c1-3-4-5-6-10-14-12-13-9-7-8-11-15(13)24(14,16(17,18)19)22-23(2,20)21/h7-9,11-12H,3-6,10H2,1-2H3. The number of hydrogen-bond donors (Lipinski definition) is 0. The molecule has 24 heavy (non-hydrogen) atoms. The van der Waals surface area contributed by atoms with Crippen LogP contribution in [0.1, 0.15) is 44.6 Å². The normalized spacial score (nSPS) is 23.5. The van der Waals surface area contributed by atoms with Crippen molar-refractivity contribution in [2.24, 2.45) is 0 Å². The monoisotopic (exact) mass is 382 g/mol. The lowest BCUT2D eigenvalue weighted by Gasteiger charge is -2.38. The van der Waals surface area contributed by atoms with Crippen LogP contribution in [-0.2, 0) is 13.7 Å². The molecule has 0 saturated heterocycles. The van der Waals surface area contributed by atoms with Crippen molar-refractivity contribution in [3.05, 3.63) is 34.7 Å². The van der Waals surface area contributed by atoms with E-state index in [4.69, 9.17) is 3.63 Å². The lowest BCUT2D eigenvalue weighted by atomic mass is 10.1. The Morgan fingerprint density at radius 3 is 2.38 bits per heavy atom. The summed E-state index contributed by atoms with van der Waals surface area (Å²) in [4.78, 5) is -0.0360. The smallest absolute Gasteiger partial charge is 0.203 e. The third-order valence-electron chi connectivity index (χ3n) is 3.74. The number of allylic oxidation sites excluding steroid dienone is 1. The highest BCUT2D eigenvalue weighted by Crippen LogP contribution is 2.78. The lowest BCUT2D eigenvalue weighted by Crippen LogP contribution is -2.25. The van der Waals surface area contributed by atoms with Gasteiger partial charge >= 0.3 is 5.51 Å². The van der Waals surface area contributed by atoms with Crippen LogP contribution in [0.15, 0.2) is 34.1 Å².